The molecule has 1 saturated carbocycles. The first-order chi connectivity index (χ1) is 7.75. The molecule has 2 rings (SSSR count). The van der Waals surface area contributed by atoms with E-state index in [1.807, 2.05) is 11.8 Å². The highest BCUT2D eigenvalue weighted by Crippen LogP contribution is 2.32. The fourth-order valence-corrected chi connectivity index (χ4v) is 2.80. The van der Waals surface area contributed by atoms with E-state index >= 15 is 0 Å². The Bertz CT molecular complexity index is 321. The number of nitrogens with one attached hydrogen (secondary N) is 1. The Morgan fingerprint density at radius 3 is 2.69 bits per heavy atom. The first kappa shape index (κ1) is 12.5. The van der Waals surface area contributed by atoms with E-state index < -0.39 is 0 Å². The highest BCUT2D eigenvalue weighted by Gasteiger charge is 2.26. The molecular weight excluding hydrogens is 282 g/mol. The Kier molecular flexibility index (Phi) is 4.74. The van der Waals surface area contributed by atoms with Crippen molar-refractivity contribution in [2.24, 2.45) is 5.92 Å². The van der Waals surface area contributed by atoms with Crippen LogP contribution in [0.15, 0.2) is 33.6 Å². The van der Waals surface area contributed by atoms with E-state index in [1.165, 1.54) is 17.7 Å². The minimum atomic E-state index is 0.713. The lowest BCUT2D eigenvalue weighted by Gasteiger charge is -2.12. The lowest BCUT2D eigenvalue weighted by molar-refractivity contribution is 0.514. The molecule has 1 aromatic rings. The average molecular weight is 300 g/mol. The van der Waals surface area contributed by atoms with Gasteiger partial charge in [0.05, 0.1) is 0 Å². The molecule has 0 aromatic heterocycles. The molecule has 0 saturated heterocycles. The van der Waals surface area contributed by atoms with Gasteiger partial charge in [0.2, 0.25) is 0 Å². The third-order valence-electron chi connectivity index (χ3n) is 2.98. The quantitative estimate of drug-likeness (QED) is 0.631. The second-order valence-electron chi connectivity index (χ2n) is 4.38. The summed E-state index contributed by atoms with van der Waals surface area (Å²) in [4.78, 5) is 1.35. The molecule has 0 spiro atoms. The highest BCUT2D eigenvalue weighted by atomic mass is 79.9. The number of hydrogen-bond donors (Lipinski definition) is 1. The van der Waals surface area contributed by atoms with E-state index in [9.17, 15) is 0 Å². The fourth-order valence-electron chi connectivity index (χ4n) is 1.75. The van der Waals surface area contributed by atoms with Gasteiger partial charge in [-0.1, -0.05) is 15.9 Å². The first-order valence-electron chi connectivity index (χ1n) is 5.87. The summed E-state index contributed by atoms with van der Waals surface area (Å²) in [6, 6.07) is 9.24. The van der Waals surface area contributed by atoms with Gasteiger partial charge in [-0.15, -0.1) is 11.8 Å². The van der Waals surface area contributed by atoms with E-state index in [0.717, 1.165) is 22.7 Å². The number of hydrogen-bond acceptors (Lipinski definition) is 2. The number of benzene rings is 1. The van der Waals surface area contributed by atoms with Gasteiger partial charge in [0.15, 0.2) is 0 Å². The molecule has 0 bridgehead atoms. The van der Waals surface area contributed by atoms with Gasteiger partial charge in [0.1, 0.15) is 0 Å². The maximum atomic E-state index is 3.60. The van der Waals surface area contributed by atoms with Crippen LogP contribution in [0.2, 0.25) is 0 Å². The van der Waals surface area contributed by atoms with Crippen molar-refractivity contribution in [3.05, 3.63) is 28.7 Å². The van der Waals surface area contributed by atoms with Crippen LogP contribution in [0.3, 0.4) is 0 Å². The van der Waals surface area contributed by atoms with E-state index in [-0.39, 0.29) is 0 Å². The molecule has 1 fully saturated rings. The maximum absolute atomic E-state index is 3.60. The molecule has 88 valence electrons. The van der Waals surface area contributed by atoms with Crippen molar-refractivity contribution in [3.63, 3.8) is 0 Å². The Balaban J connectivity index is 1.62. The molecule has 0 amide bonds. The second-order valence-corrected chi connectivity index (χ2v) is 6.47. The molecular formula is C13H18BrNS. The SMILES string of the molecule is CC(NCCSc1ccc(Br)cc1)C1CC1. The molecule has 1 aliphatic carbocycles. The van der Waals surface area contributed by atoms with E-state index in [1.54, 1.807) is 0 Å². The van der Waals surface area contributed by atoms with Crippen molar-refractivity contribution >= 4 is 27.7 Å². The first-order valence-corrected chi connectivity index (χ1v) is 7.65. The molecule has 1 aromatic carbocycles. The predicted octanol–water partition coefficient (Wildman–Crippen LogP) is 3.93. The van der Waals surface area contributed by atoms with Crippen LogP contribution in [-0.4, -0.2) is 18.3 Å². The molecule has 1 atom stereocenters. The van der Waals surface area contributed by atoms with Crippen LogP contribution >= 0.6 is 27.7 Å². The van der Waals surface area contributed by atoms with Crippen LogP contribution in [0.1, 0.15) is 19.8 Å². The number of halogens is 1. The summed E-state index contributed by atoms with van der Waals surface area (Å²) in [6.45, 7) is 3.42. The normalized spacial score (nSPS) is 17.4. The lowest BCUT2D eigenvalue weighted by atomic mass is 10.2. The van der Waals surface area contributed by atoms with Crippen LogP contribution in [0.25, 0.3) is 0 Å². The zero-order valence-electron chi connectivity index (χ0n) is 9.58. The van der Waals surface area contributed by atoms with Crippen molar-refractivity contribution in [2.45, 2.75) is 30.7 Å². The van der Waals surface area contributed by atoms with Crippen LogP contribution in [-0.2, 0) is 0 Å². The summed E-state index contributed by atoms with van der Waals surface area (Å²) in [5, 5.41) is 3.60. The van der Waals surface area contributed by atoms with Crippen LogP contribution < -0.4 is 5.32 Å². The van der Waals surface area contributed by atoms with Crippen LogP contribution in [0.5, 0.6) is 0 Å². The van der Waals surface area contributed by atoms with Crippen molar-refractivity contribution in [2.75, 3.05) is 12.3 Å². The summed E-state index contributed by atoms with van der Waals surface area (Å²) in [5.74, 6) is 2.11. The van der Waals surface area contributed by atoms with Gasteiger partial charge in [-0.25, -0.2) is 0 Å². The third-order valence-corrected chi connectivity index (χ3v) is 4.52. The summed E-state index contributed by atoms with van der Waals surface area (Å²) in [6.07, 6.45) is 2.85. The monoisotopic (exact) mass is 299 g/mol. The molecule has 1 unspecified atom stereocenters. The number of rotatable bonds is 6. The summed E-state index contributed by atoms with van der Waals surface area (Å²) in [7, 11) is 0. The average Bonchev–Trinajstić information content (AvgIpc) is 3.10. The van der Waals surface area contributed by atoms with Crippen molar-refractivity contribution in [1.82, 2.24) is 5.32 Å². The lowest BCUT2D eigenvalue weighted by Crippen LogP contribution is -2.29. The fraction of sp³-hybridized carbons (Fsp3) is 0.538. The van der Waals surface area contributed by atoms with Crippen LogP contribution in [0.4, 0.5) is 0 Å². The zero-order valence-corrected chi connectivity index (χ0v) is 12.0. The van der Waals surface area contributed by atoms with Gasteiger partial charge in [-0.3, -0.25) is 0 Å². The molecule has 1 nitrogen and oxygen atoms in total. The van der Waals surface area contributed by atoms with E-state index in [4.69, 9.17) is 0 Å². The smallest absolute Gasteiger partial charge is 0.0176 e. The standard InChI is InChI=1S/C13H18BrNS/c1-10(11-2-3-11)15-8-9-16-13-6-4-12(14)5-7-13/h4-7,10-11,15H,2-3,8-9H2,1H3. The minimum absolute atomic E-state index is 0.713. The summed E-state index contributed by atoms with van der Waals surface area (Å²) in [5.41, 5.74) is 0. The Morgan fingerprint density at radius 2 is 2.06 bits per heavy atom. The van der Waals surface area contributed by atoms with Gasteiger partial charge >= 0.3 is 0 Å². The van der Waals surface area contributed by atoms with E-state index in [2.05, 4.69) is 52.4 Å². The summed E-state index contributed by atoms with van der Waals surface area (Å²) < 4.78 is 1.15. The molecule has 0 heterocycles. The van der Waals surface area contributed by atoms with E-state index in [0.29, 0.717) is 6.04 Å². The predicted molar refractivity (Wildman–Crippen MR) is 75.1 cm³/mol. The van der Waals surface area contributed by atoms with Gasteiger partial charge in [0, 0.05) is 27.7 Å². The van der Waals surface area contributed by atoms with Gasteiger partial charge in [-0.2, -0.15) is 0 Å². The topological polar surface area (TPSA) is 12.0 Å². The van der Waals surface area contributed by atoms with Gasteiger partial charge in [0.25, 0.3) is 0 Å². The van der Waals surface area contributed by atoms with Gasteiger partial charge < -0.3 is 5.32 Å². The molecule has 1 N–H and O–H groups in total. The van der Waals surface area contributed by atoms with Crippen molar-refractivity contribution in [1.29, 1.82) is 0 Å². The Morgan fingerprint density at radius 1 is 1.38 bits per heavy atom. The highest BCUT2D eigenvalue weighted by molar-refractivity contribution is 9.10. The van der Waals surface area contributed by atoms with Crippen molar-refractivity contribution in [3.8, 4) is 0 Å². The molecule has 16 heavy (non-hydrogen) atoms. The second kappa shape index (κ2) is 6.08. The largest absolute Gasteiger partial charge is 0.313 e. The minimum Gasteiger partial charge on any atom is -0.313 e. The third kappa shape index (κ3) is 4.11. The molecule has 0 aliphatic heterocycles. The Hall–Kier alpha value is 0.01000. The maximum Gasteiger partial charge on any atom is 0.0176 e. The number of thioether (sulfide) groups is 1. The molecule has 1 aliphatic rings. The molecule has 3 heteroatoms. The zero-order chi connectivity index (χ0) is 11.4. The van der Waals surface area contributed by atoms with Crippen LogP contribution in [0, 0.1) is 5.92 Å². The van der Waals surface area contributed by atoms with Crippen molar-refractivity contribution < 1.29 is 0 Å². The molecule has 0 radical (unpaired) electrons. The Labute approximate surface area is 111 Å². The summed E-state index contributed by atoms with van der Waals surface area (Å²) >= 11 is 5.37. The van der Waals surface area contributed by atoms with Gasteiger partial charge in [-0.05, 0) is 49.9 Å².